The lowest BCUT2D eigenvalue weighted by molar-refractivity contribution is 0.603. The molecule has 0 radical (unpaired) electrons. The van der Waals surface area contributed by atoms with Gasteiger partial charge in [-0.2, -0.15) is 4.98 Å². The van der Waals surface area contributed by atoms with E-state index in [1.54, 1.807) is 25.1 Å². The molecule has 0 aliphatic carbocycles. The van der Waals surface area contributed by atoms with Crippen LogP contribution in [-0.4, -0.2) is 34.9 Å². The average Bonchev–Trinajstić information content (AvgIpc) is 2.31. The molecule has 98 valence electrons. The molecular formula is C12H17FN4O. The maximum atomic E-state index is 13.6. The minimum absolute atomic E-state index is 0.200. The number of rotatable bonds is 5. The number of nitrogens with zero attached hydrogens (tertiary/aromatic N) is 4. The summed E-state index contributed by atoms with van der Waals surface area (Å²) in [6.45, 7) is 2.02. The van der Waals surface area contributed by atoms with Crippen LogP contribution in [0.15, 0.2) is 22.1 Å². The maximum Gasteiger partial charge on any atom is 0.353 e. The molecule has 18 heavy (non-hydrogen) atoms. The van der Waals surface area contributed by atoms with Gasteiger partial charge in [0.15, 0.2) is 11.6 Å². The highest BCUT2D eigenvalue weighted by atomic mass is 19.1. The SMILES string of the molecule is CCC/C=C/n1cc(F)c(N=CN(C)C)nc1=O. The first-order valence-electron chi connectivity index (χ1n) is 5.70. The Bertz CT molecular complexity index is 505. The summed E-state index contributed by atoms with van der Waals surface area (Å²) in [4.78, 5) is 20.6. The van der Waals surface area contributed by atoms with Crippen molar-refractivity contribution in [2.45, 2.75) is 19.8 Å². The zero-order valence-corrected chi connectivity index (χ0v) is 10.8. The summed E-state index contributed by atoms with van der Waals surface area (Å²) in [5, 5.41) is 0. The number of aromatic nitrogens is 2. The fourth-order valence-corrected chi connectivity index (χ4v) is 1.16. The number of hydrogen-bond acceptors (Lipinski definition) is 3. The van der Waals surface area contributed by atoms with E-state index in [0.717, 1.165) is 23.6 Å². The molecule has 0 N–H and O–H groups in total. The molecule has 0 fully saturated rings. The summed E-state index contributed by atoms with van der Waals surface area (Å²) in [7, 11) is 3.49. The molecule has 1 aromatic heterocycles. The Hall–Kier alpha value is -1.98. The van der Waals surface area contributed by atoms with Crippen molar-refractivity contribution in [3.05, 3.63) is 28.6 Å². The topological polar surface area (TPSA) is 50.5 Å². The highest BCUT2D eigenvalue weighted by Gasteiger charge is 2.05. The van der Waals surface area contributed by atoms with Gasteiger partial charge in [-0.05, 0) is 6.42 Å². The lowest BCUT2D eigenvalue weighted by atomic mass is 10.3. The molecule has 5 nitrogen and oxygen atoms in total. The van der Waals surface area contributed by atoms with Gasteiger partial charge in [0, 0.05) is 20.3 Å². The predicted molar refractivity (Wildman–Crippen MR) is 70.5 cm³/mol. The van der Waals surface area contributed by atoms with Crippen LogP contribution >= 0.6 is 0 Å². The smallest absolute Gasteiger partial charge is 0.353 e. The second-order valence-corrected chi connectivity index (χ2v) is 3.98. The Labute approximate surface area is 105 Å². The summed E-state index contributed by atoms with van der Waals surface area (Å²) in [5.74, 6) is -0.831. The molecule has 0 saturated carbocycles. The third-order valence-electron chi connectivity index (χ3n) is 2.02. The van der Waals surface area contributed by atoms with E-state index in [-0.39, 0.29) is 5.82 Å². The summed E-state index contributed by atoms with van der Waals surface area (Å²) < 4.78 is 14.7. The van der Waals surface area contributed by atoms with E-state index in [9.17, 15) is 9.18 Å². The van der Waals surface area contributed by atoms with Gasteiger partial charge >= 0.3 is 5.69 Å². The summed E-state index contributed by atoms with van der Waals surface area (Å²) in [6, 6.07) is 0. The van der Waals surface area contributed by atoms with Gasteiger partial charge in [0.05, 0.1) is 12.5 Å². The summed E-state index contributed by atoms with van der Waals surface area (Å²) in [5.41, 5.74) is -0.547. The second kappa shape index (κ2) is 6.68. The van der Waals surface area contributed by atoms with Crippen molar-refractivity contribution in [2.24, 2.45) is 4.99 Å². The van der Waals surface area contributed by atoms with Gasteiger partial charge in [-0.1, -0.05) is 19.4 Å². The fourth-order valence-electron chi connectivity index (χ4n) is 1.16. The third-order valence-corrected chi connectivity index (χ3v) is 2.02. The van der Waals surface area contributed by atoms with Gasteiger partial charge in [0.25, 0.3) is 0 Å². The van der Waals surface area contributed by atoms with Crippen LogP contribution in [0, 0.1) is 5.82 Å². The standard InChI is InChI=1S/C12H17FN4O/c1-4-5-6-7-17-8-10(13)11(15-12(17)18)14-9-16(2)3/h6-9H,4-5H2,1-3H3/b7-6+,14-9?. The molecule has 0 saturated heterocycles. The number of allylic oxidation sites excluding steroid dienone is 1. The van der Waals surface area contributed by atoms with E-state index in [1.165, 1.54) is 12.5 Å². The molecule has 0 atom stereocenters. The normalized spacial score (nSPS) is 11.6. The molecule has 0 spiro atoms. The molecule has 0 aromatic carbocycles. The first kappa shape index (κ1) is 14.1. The summed E-state index contributed by atoms with van der Waals surface area (Å²) >= 11 is 0. The zero-order chi connectivity index (χ0) is 13.5. The Kier molecular flexibility index (Phi) is 5.23. The number of hydrogen-bond donors (Lipinski definition) is 0. The van der Waals surface area contributed by atoms with Crippen molar-refractivity contribution in [2.75, 3.05) is 14.1 Å². The molecule has 1 aromatic rings. The van der Waals surface area contributed by atoms with Gasteiger partial charge in [-0.25, -0.2) is 14.2 Å². The molecule has 0 amide bonds. The largest absolute Gasteiger partial charge is 0.369 e. The van der Waals surface area contributed by atoms with Crippen LogP contribution in [0.4, 0.5) is 10.2 Å². The van der Waals surface area contributed by atoms with E-state index in [2.05, 4.69) is 9.98 Å². The van der Waals surface area contributed by atoms with Crippen molar-refractivity contribution < 1.29 is 4.39 Å². The molecule has 0 aliphatic heterocycles. The quantitative estimate of drug-likeness (QED) is 0.594. The van der Waals surface area contributed by atoms with Crippen molar-refractivity contribution in [3.8, 4) is 0 Å². The third kappa shape index (κ3) is 4.12. The van der Waals surface area contributed by atoms with E-state index in [0.29, 0.717) is 0 Å². The van der Waals surface area contributed by atoms with E-state index in [4.69, 9.17) is 0 Å². The molecule has 0 unspecified atom stereocenters. The average molecular weight is 252 g/mol. The zero-order valence-electron chi connectivity index (χ0n) is 10.8. The minimum Gasteiger partial charge on any atom is -0.369 e. The van der Waals surface area contributed by atoms with Gasteiger partial charge in [0.2, 0.25) is 0 Å². The van der Waals surface area contributed by atoms with Crippen LogP contribution in [0.2, 0.25) is 0 Å². The first-order valence-corrected chi connectivity index (χ1v) is 5.70. The predicted octanol–water partition coefficient (Wildman–Crippen LogP) is 1.87. The van der Waals surface area contributed by atoms with E-state index >= 15 is 0 Å². The highest BCUT2D eigenvalue weighted by molar-refractivity contribution is 5.58. The van der Waals surface area contributed by atoms with E-state index < -0.39 is 11.5 Å². The van der Waals surface area contributed by atoms with Crippen LogP contribution in [0.25, 0.3) is 6.20 Å². The van der Waals surface area contributed by atoms with Gasteiger partial charge < -0.3 is 4.90 Å². The van der Waals surface area contributed by atoms with Crippen molar-refractivity contribution in [3.63, 3.8) is 0 Å². The van der Waals surface area contributed by atoms with Crippen molar-refractivity contribution in [1.82, 2.24) is 14.5 Å². The van der Waals surface area contributed by atoms with E-state index in [1.807, 2.05) is 6.92 Å². The van der Waals surface area contributed by atoms with Crippen LogP contribution in [0.5, 0.6) is 0 Å². The number of unbranched alkanes of at least 4 members (excludes halogenated alkanes) is 1. The Morgan fingerprint density at radius 3 is 2.89 bits per heavy atom. The lowest BCUT2D eigenvalue weighted by Gasteiger charge is -2.03. The molecule has 1 heterocycles. The molecule has 6 heteroatoms. The molecule has 0 bridgehead atoms. The van der Waals surface area contributed by atoms with Crippen LogP contribution in [-0.2, 0) is 0 Å². The first-order chi connectivity index (χ1) is 8.54. The number of halogens is 1. The monoisotopic (exact) mass is 252 g/mol. The van der Waals surface area contributed by atoms with Crippen molar-refractivity contribution in [1.29, 1.82) is 0 Å². The molecular weight excluding hydrogens is 235 g/mol. The molecule has 0 aliphatic rings. The van der Waals surface area contributed by atoms with Gasteiger partial charge in [-0.15, -0.1) is 0 Å². The van der Waals surface area contributed by atoms with Crippen LogP contribution < -0.4 is 5.69 Å². The summed E-state index contributed by atoms with van der Waals surface area (Å²) in [6.07, 6.45) is 7.58. The Morgan fingerprint density at radius 2 is 2.28 bits per heavy atom. The Balaban J connectivity index is 3.01. The lowest BCUT2D eigenvalue weighted by Crippen LogP contribution is -2.19. The number of aliphatic imine (C=N–C) groups is 1. The Morgan fingerprint density at radius 1 is 1.56 bits per heavy atom. The maximum absolute atomic E-state index is 13.6. The molecule has 1 rings (SSSR count). The fraction of sp³-hybridized carbons (Fsp3) is 0.417. The van der Waals surface area contributed by atoms with Crippen LogP contribution in [0.1, 0.15) is 19.8 Å². The van der Waals surface area contributed by atoms with Crippen molar-refractivity contribution >= 4 is 18.4 Å². The van der Waals surface area contributed by atoms with Crippen LogP contribution in [0.3, 0.4) is 0 Å². The highest BCUT2D eigenvalue weighted by Crippen LogP contribution is 2.10. The second-order valence-electron chi connectivity index (χ2n) is 3.98. The van der Waals surface area contributed by atoms with Gasteiger partial charge in [-0.3, -0.25) is 4.57 Å². The van der Waals surface area contributed by atoms with Gasteiger partial charge in [0.1, 0.15) is 0 Å². The minimum atomic E-state index is -0.631.